The molecule has 0 aliphatic heterocycles. The third-order valence-corrected chi connectivity index (χ3v) is 4.94. The van der Waals surface area contributed by atoms with Gasteiger partial charge in [0.15, 0.2) is 0 Å². The minimum absolute atomic E-state index is 0.00307. The Morgan fingerprint density at radius 3 is 2.08 bits per heavy atom. The highest BCUT2D eigenvalue weighted by Crippen LogP contribution is 2.44. The van der Waals surface area contributed by atoms with Gasteiger partial charge in [-0.1, -0.05) is 48.5 Å². The van der Waals surface area contributed by atoms with Gasteiger partial charge >= 0.3 is 6.09 Å². The molecule has 136 valence electrons. The highest BCUT2D eigenvalue weighted by Gasteiger charge is 2.30. The number of rotatable bonds is 7. The first-order valence-electron chi connectivity index (χ1n) is 8.70. The molecule has 0 aromatic heterocycles. The summed E-state index contributed by atoms with van der Waals surface area (Å²) >= 11 is 0. The van der Waals surface area contributed by atoms with Crippen LogP contribution in [0, 0.1) is 0 Å². The van der Waals surface area contributed by atoms with Crippen LogP contribution in [0.1, 0.15) is 29.9 Å². The molecule has 0 radical (unpaired) electrons. The minimum Gasteiger partial charge on any atom is -0.465 e. The van der Waals surface area contributed by atoms with Crippen LogP contribution < -0.4 is 11.5 Å². The summed E-state index contributed by atoms with van der Waals surface area (Å²) in [5.41, 5.74) is 15.4. The van der Waals surface area contributed by atoms with Crippen LogP contribution in [0.3, 0.4) is 0 Å². The molecule has 2 amide bonds. The Labute approximate surface area is 152 Å². The Bertz CT molecular complexity index is 776. The maximum absolute atomic E-state index is 11.7. The molecular weight excluding hydrogens is 330 g/mol. The van der Waals surface area contributed by atoms with E-state index in [9.17, 15) is 14.7 Å². The van der Waals surface area contributed by atoms with E-state index in [-0.39, 0.29) is 5.92 Å². The number of hydrogen-bond acceptors (Lipinski definition) is 3. The van der Waals surface area contributed by atoms with E-state index in [0.717, 1.165) is 22.3 Å². The molecule has 26 heavy (non-hydrogen) atoms. The van der Waals surface area contributed by atoms with Gasteiger partial charge in [-0.3, -0.25) is 4.79 Å². The molecule has 1 atom stereocenters. The molecule has 6 heteroatoms. The smallest absolute Gasteiger partial charge is 0.407 e. The predicted molar refractivity (Wildman–Crippen MR) is 99.7 cm³/mol. The van der Waals surface area contributed by atoms with Gasteiger partial charge in [0.2, 0.25) is 5.91 Å². The van der Waals surface area contributed by atoms with Gasteiger partial charge in [-0.05, 0) is 35.1 Å². The molecule has 5 N–H and O–H groups in total. The monoisotopic (exact) mass is 353 g/mol. The Balaban J connectivity index is 1.77. The first kappa shape index (κ1) is 17.9. The maximum atomic E-state index is 11.7. The highest BCUT2D eigenvalue weighted by molar-refractivity contribution is 5.80. The van der Waals surface area contributed by atoms with Crippen molar-refractivity contribution in [3.05, 3.63) is 59.7 Å². The van der Waals surface area contributed by atoms with Crippen LogP contribution in [0.25, 0.3) is 11.1 Å². The van der Waals surface area contributed by atoms with Crippen molar-refractivity contribution < 1.29 is 14.7 Å². The van der Waals surface area contributed by atoms with Crippen molar-refractivity contribution in [1.29, 1.82) is 0 Å². The standard InChI is InChI=1S/C20H23N3O3/c21-18(19(22)24)10-5-11-23(20(25)26)12-17-15-8-3-1-6-13(15)14-7-2-4-9-16(14)17/h1-4,6-9,17-18H,5,10-12,21H2,(H2,22,24)(H,25,26). The van der Waals surface area contributed by atoms with E-state index in [1.165, 1.54) is 4.90 Å². The number of nitrogens with two attached hydrogens (primary N) is 2. The number of benzene rings is 2. The number of fused-ring (bicyclic) bond motifs is 3. The quantitative estimate of drug-likeness (QED) is 0.710. The van der Waals surface area contributed by atoms with Crippen molar-refractivity contribution in [3.8, 4) is 11.1 Å². The zero-order valence-corrected chi connectivity index (χ0v) is 14.5. The van der Waals surface area contributed by atoms with Crippen LogP contribution in [0.2, 0.25) is 0 Å². The first-order chi connectivity index (χ1) is 12.5. The lowest BCUT2D eigenvalue weighted by molar-refractivity contribution is -0.119. The molecule has 0 saturated carbocycles. The van der Waals surface area contributed by atoms with Crippen molar-refractivity contribution in [3.63, 3.8) is 0 Å². The summed E-state index contributed by atoms with van der Waals surface area (Å²) in [5, 5.41) is 9.61. The molecule has 1 aliphatic rings. The van der Waals surface area contributed by atoms with E-state index in [1.54, 1.807) is 0 Å². The average Bonchev–Trinajstić information content (AvgIpc) is 2.94. The van der Waals surface area contributed by atoms with Crippen LogP contribution in [-0.4, -0.2) is 41.1 Å². The van der Waals surface area contributed by atoms with Crippen molar-refractivity contribution in [1.82, 2.24) is 4.90 Å². The lowest BCUT2D eigenvalue weighted by Gasteiger charge is -2.24. The molecule has 0 spiro atoms. The van der Waals surface area contributed by atoms with Gasteiger partial charge < -0.3 is 21.5 Å². The van der Waals surface area contributed by atoms with Gasteiger partial charge in [-0.15, -0.1) is 0 Å². The lowest BCUT2D eigenvalue weighted by Crippen LogP contribution is -2.38. The van der Waals surface area contributed by atoms with Gasteiger partial charge in [0.25, 0.3) is 0 Å². The Hall–Kier alpha value is -2.86. The summed E-state index contributed by atoms with van der Waals surface area (Å²) in [6.45, 7) is 0.687. The topological polar surface area (TPSA) is 110 Å². The van der Waals surface area contributed by atoms with Crippen molar-refractivity contribution in [2.24, 2.45) is 11.5 Å². The third-order valence-electron chi connectivity index (χ3n) is 4.94. The molecule has 0 bridgehead atoms. The lowest BCUT2D eigenvalue weighted by atomic mass is 9.96. The summed E-state index contributed by atoms with van der Waals surface area (Å²) in [5.74, 6) is -0.561. The van der Waals surface area contributed by atoms with Gasteiger partial charge in [-0.2, -0.15) is 0 Å². The molecule has 1 aliphatic carbocycles. The van der Waals surface area contributed by atoms with Crippen molar-refractivity contribution in [2.45, 2.75) is 24.8 Å². The van der Waals surface area contributed by atoms with E-state index in [4.69, 9.17) is 11.5 Å². The van der Waals surface area contributed by atoms with E-state index in [1.807, 2.05) is 24.3 Å². The van der Waals surface area contributed by atoms with Crippen LogP contribution >= 0.6 is 0 Å². The molecule has 0 fully saturated rings. The Kier molecular flexibility index (Phi) is 5.23. The number of carbonyl (C=O) groups is 2. The summed E-state index contributed by atoms with van der Waals surface area (Å²) in [6.07, 6.45) is -0.108. The largest absolute Gasteiger partial charge is 0.465 e. The number of carbonyl (C=O) groups excluding carboxylic acids is 1. The maximum Gasteiger partial charge on any atom is 0.407 e. The molecule has 2 aromatic carbocycles. The number of nitrogens with zero attached hydrogens (tertiary/aromatic N) is 1. The average molecular weight is 353 g/mol. The van der Waals surface area contributed by atoms with Crippen molar-refractivity contribution >= 4 is 12.0 Å². The second kappa shape index (κ2) is 7.58. The third kappa shape index (κ3) is 3.55. The van der Waals surface area contributed by atoms with Crippen LogP contribution in [0.5, 0.6) is 0 Å². The fourth-order valence-electron chi connectivity index (χ4n) is 3.59. The minimum atomic E-state index is -0.973. The van der Waals surface area contributed by atoms with Crippen LogP contribution in [0.4, 0.5) is 4.79 Å². The van der Waals surface area contributed by atoms with E-state index in [2.05, 4.69) is 24.3 Å². The Morgan fingerprint density at radius 1 is 1.04 bits per heavy atom. The molecule has 0 saturated heterocycles. The fourth-order valence-corrected chi connectivity index (χ4v) is 3.59. The first-order valence-corrected chi connectivity index (χ1v) is 8.70. The number of hydrogen-bond donors (Lipinski definition) is 3. The van der Waals surface area contributed by atoms with E-state index >= 15 is 0 Å². The second-order valence-electron chi connectivity index (χ2n) is 6.61. The molecule has 0 heterocycles. The van der Waals surface area contributed by atoms with Gasteiger partial charge in [0.1, 0.15) is 0 Å². The van der Waals surface area contributed by atoms with Crippen LogP contribution in [-0.2, 0) is 4.79 Å². The van der Waals surface area contributed by atoms with Crippen LogP contribution in [0.15, 0.2) is 48.5 Å². The number of primary amides is 1. The molecular formula is C20H23N3O3. The zero-order valence-electron chi connectivity index (χ0n) is 14.5. The SMILES string of the molecule is NC(=O)C(N)CCCN(CC1c2ccccc2-c2ccccc21)C(=O)O. The molecule has 1 unspecified atom stereocenters. The van der Waals surface area contributed by atoms with Crippen molar-refractivity contribution in [2.75, 3.05) is 13.1 Å². The molecule has 6 nitrogen and oxygen atoms in total. The highest BCUT2D eigenvalue weighted by atomic mass is 16.4. The summed E-state index contributed by atoms with van der Waals surface area (Å²) < 4.78 is 0. The summed E-state index contributed by atoms with van der Waals surface area (Å²) in [6, 6.07) is 15.5. The molecule has 2 aromatic rings. The summed E-state index contributed by atoms with van der Waals surface area (Å²) in [7, 11) is 0. The molecule has 3 rings (SSSR count). The fraction of sp³-hybridized carbons (Fsp3) is 0.300. The van der Waals surface area contributed by atoms with E-state index < -0.39 is 18.0 Å². The predicted octanol–water partition coefficient (Wildman–Crippen LogP) is 2.37. The summed E-state index contributed by atoms with van der Waals surface area (Å²) in [4.78, 5) is 24.2. The number of amides is 2. The zero-order chi connectivity index (χ0) is 18.7. The normalized spacial score (nSPS) is 13.7. The van der Waals surface area contributed by atoms with Gasteiger partial charge in [0, 0.05) is 19.0 Å². The second-order valence-corrected chi connectivity index (χ2v) is 6.61. The van der Waals surface area contributed by atoms with Gasteiger partial charge in [0.05, 0.1) is 6.04 Å². The number of carboxylic acid groups (broad SMARTS) is 1. The van der Waals surface area contributed by atoms with E-state index in [0.29, 0.717) is 25.9 Å². The van der Waals surface area contributed by atoms with Gasteiger partial charge in [-0.25, -0.2) is 4.79 Å². The Morgan fingerprint density at radius 2 is 1.58 bits per heavy atom.